The number of unbranched alkanes of at least 4 members (excludes halogenated alkanes) is 1. The van der Waals surface area contributed by atoms with E-state index in [1.807, 2.05) is 0 Å². The van der Waals surface area contributed by atoms with Gasteiger partial charge >= 0.3 is 12.0 Å². The largest absolute Gasteiger partial charge is 0.463 e. The minimum atomic E-state index is -1.45. The number of carbonyl (C=O) groups excluding carboxylic acids is 2. The molecule has 2 amide bonds. The number of aliphatic hydroxyl groups excluding tert-OH is 3. The number of anilines is 2. The van der Waals surface area contributed by atoms with Crippen molar-refractivity contribution in [1.29, 1.82) is 0 Å². The average Bonchev–Trinajstić information content (AvgIpc) is 4.05. The maximum absolute atomic E-state index is 13.0. The number of imidazole rings is 2. The molecule has 58 heavy (non-hydrogen) atoms. The van der Waals surface area contributed by atoms with Gasteiger partial charge in [-0.05, 0) is 12.8 Å². The summed E-state index contributed by atoms with van der Waals surface area (Å²) in [5, 5.41) is 48.3. The van der Waals surface area contributed by atoms with E-state index in [1.54, 1.807) is 11.8 Å². The highest BCUT2D eigenvalue weighted by atomic mass is 32.2. The van der Waals surface area contributed by atoms with Crippen LogP contribution in [-0.4, -0.2) is 142 Å². The lowest BCUT2D eigenvalue weighted by Gasteiger charge is -2.20. The third-order valence-electron chi connectivity index (χ3n) is 10.9. The van der Waals surface area contributed by atoms with Crippen molar-refractivity contribution < 1.29 is 39.1 Å². The molecule has 5 aromatic rings. The number of nitrogens with one attached hydrogen (secondary N) is 4. The predicted molar refractivity (Wildman–Crippen MR) is 199 cm³/mol. The number of hydrogen-bond acceptors (Lipinski definition) is 19. The van der Waals surface area contributed by atoms with Crippen LogP contribution in [-0.2, 0) is 25.4 Å². The summed E-state index contributed by atoms with van der Waals surface area (Å²) >= 11 is 1.80. The molecule has 0 saturated carbocycles. The Labute approximate surface area is 328 Å². The molecule has 308 valence electrons. The summed E-state index contributed by atoms with van der Waals surface area (Å²) in [4.78, 5) is 70.7. The lowest BCUT2D eigenvalue weighted by molar-refractivity contribution is -0.149. The fraction of sp³-hybridized carbons (Fsp3) is 0.562. The number of hydrogen-bond donors (Lipinski definition) is 9. The molecular formula is C32H39N15O10S. The van der Waals surface area contributed by atoms with E-state index in [0.29, 0.717) is 12.1 Å². The molecule has 4 aliphatic rings. The number of rotatable bonds is 12. The van der Waals surface area contributed by atoms with Crippen LogP contribution in [0.1, 0.15) is 49.9 Å². The van der Waals surface area contributed by atoms with Gasteiger partial charge in [-0.1, -0.05) is 11.6 Å². The number of ether oxygens (including phenoxy) is 3. The normalized spacial score (nSPS) is 30.6. The molecule has 0 spiro atoms. The molecule has 9 rings (SSSR count). The van der Waals surface area contributed by atoms with Gasteiger partial charge in [0.1, 0.15) is 37.1 Å². The van der Waals surface area contributed by atoms with Crippen molar-refractivity contribution in [2.24, 2.45) is 0 Å². The second-order valence-electron chi connectivity index (χ2n) is 14.6. The van der Waals surface area contributed by atoms with Gasteiger partial charge in [-0.2, -0.15) is 21.7 Å². The predicted octanol–water partition coefficient (Wildman–Crippen LogP) is -3.06. The zero-order chi connectivity index (χ0) is 40.4. The Hall–Kier alpha value is -5.67. The van der Waals surface area contributed by atoms with E-state index in [0.717, 1.165) is 18.6 Å². The Morgan fingerprint density at radius 2 is 1.55 bits per heavy atom. The van der Waals surface area contributed by atoms with Crippen LogP contribution in [0.4, 0.5) is 16.7 Å². The van der Waals surface area contributed by atoms with Gasteiger partial charge in [0.2, 0.25) is 11.9 Å². The number of aliphatic hydroxyl groups is 3. The second kappa shape index (κ2) is 14.9. The van der Waals surface area contributed by atoms with E-state index in [2.05, 4.69) is 50.8 Å². The van der Waals surface area contributed by atoms with Gasteiger partial charge in [0.25, 0.3) is 11.1 Å². The van der Waals surface area contributed by atoms with E-state index in [1.165, 1.54) is 32.7 Å². The fourth-order valence-electron chi connectivity index (χ4n) is 8.07. The number of H-pyrrole nitrogens is 2. The highest BCUT2D eigenvalue weighted by Gasteiger charge is 2.49. The van der Waals surface area contributed by atoms with Crippen molar-refractivity contribution in [3.8, 4) is 0 Å². The van der Waals surface area contributed by atoms with Crippen LogP contribution in [0.2, 0.25) is 0 Å². The number of amides is 2. The van der Waals surface area contributed by atoms with Gasteiger partial charge in [-0.25, -0.2) is 19.4 Å². The first-order valence-corrected chi connectivity index (χ1v) is 19.5. The molecule has 0 radical (unpaired) electrons. The summed E-state index contributed by atoms with van der Waals surface area (Å²) in [5.74, 6) is 0.0197. The van der Waals surface area contributed by atoms with Crippen molar-refractivity contribution in [3.05, 3.63) is 45.3 Å². The Morgan fingerprint density at radius 3 is 2.24 bits per heavy atom. The molecular weight excluding hydrogens is 787 g/mol. The maximum atomic E-state index is 13.0. The standard InChI is InChI=1S/C32H39N15O10S/c33-30-39-24-18(26(52)41-30)35-9-45(24)28-22(50)20(14(57-28)7-55-16(48)4-2-1-3-15-17-12(8-58-15)37-32(54)38-17)47-6-11(43-44-47)5-13-21(49)23(51)29(56-13)46-10-36-19-25(46)40-31(34)42-27(19)53/h6,9-10,12-15,17,20-23,28-29,49-51H,1-5,7-8H2,(H2,37,38,54)(H3,33,39,41,52)(H3,34,40,42,53)/t12-,13+,14+,15-,17-,20+,21+,22+,23+,28+,29+/m0/s1. The number of fused-ring (bicyclic) bond motifs is 3. The number of nitrogens with two attached hydrogens (primary N) is 2. The number of aromatic amines is 2. The molecule has 0 bridgehead atoms. The third kappa shape index (κ3) is 6.79. The van der Waals surface area contributed by atoms with Crippen LogP contribution < -0.4 is 33.2 Å². The van der Waals surface area contributed by atoms with E-state index in [9.17, 15) is 34.5 Å². The minimum absolute atomic E-state index is 0.0350. The van der Waals surface area contributed by atoms with E-state index < -0.39 is 66.1 Å². The van der Waals surface area contributed by atoms with Crippen LogP contribution in [0, 0.1) is 0 Å². The van der Waals surface area contributed by atoms with Gasteiger partial charge in [-0.3, -0.25) is 33.5 Å². The molecule has 0 aromatic carbocycles. The summed E-state index contributed by atoms with van der Waals surface area (Å²) in [6.45, 7) is -0.284. The first kappa shape index (κ1) is 37.9. The van der Waals surface area contributed by atoms with Crippen molar-refractivity contribution in [2.75, 3.05) is 23.8 Å². The highest BCUT2D eigenvalue weighted by Crippen LogP contribution is 2.39. The smallest absolute Gasteiger partial charge is 0.315 e. The molecule has 11 atom stereocenters. The molecule has 0 aliphatic carbocycles. The van der Waals surface area contributed by atoms with Crippen molar-refractivity contribution in [3.63, 3.8) is 0 Å². The fourth-order valence-corrected chi connectivity index (χ4v) is 9.62. The SMILES string of the molecule is Nc1nc2c(ncn2[C@@H]2O[C@H](Cc3cn([C@H]4[C@@H](O)[C@H](n5cnc6c(=O)[nH]c(N)nc65)O[C@@H]4COC(=O)CCCC[C@@H]4SC[C@@H]5NC(=O)N[C@@H]54)nn3)[C@@H](O)[C@H]2O)c(=O)[nH]1. The summed E-state index contributed by atoms with van der Waals surface area (Å²) in [6, 6.07) is -0.964. The van der Waals surface area contributed by atoms with Crippen LogP contribution in [0.15, 0.2) is 28.4 Å². The second-order valence-corrected chi connectivity index (χ2v) is 15.9. The van der Waals surface area contributed by atoms with Crippen LogP contribution in [0.25, 0.3) is 22.3 Å². The molecule has 5 aromatic heterocycles. The maximum Gasteiger partial charge on any atom is 0.315 e. The lowest BCUT2D eigenvalue weighted by Crippen LogP contribution is -2.36. The summed E-state index contributed by atoms with van der Waals surface area (Å²) in [6.07, 6.45) is -2.35. The minimum Gasteiger partial charge on any atom is -0.463 e. The topological polar surface area (TPSA) is 356 Å². The average molecular weight is 826 g/mol. The molecule has 0 unspecified atom stereocenters. The first-order valence-electron chi connectivity index (χ1n) is 18.5. The molecule has 25 nitrogen and oxygen atoms in total. The number of esters is 1. The lowest BCUT2D eigenvalue weighted by atomic mass is 10.0. The van der Waals surface area contributed by atoms with Crippen molar-refractivity contribution in [2.45, 2.75) is 98.5 Å². The van der Waals surface area contributed by atoms with Crippen molar-refractivity contribution in [1.82, 2.24) is 64.7 Å². The number of nitrogens with zero attached hydrogens (tertiary/aromatic N) is 9. The van der Waals surface area contributed by atoms with E-state index >= 15 is 0 Å². The summed E-state index contributed by atoms with van der Waals surface area (Å²) in [5.41, 5.74) is 10.7. The Balaban J connectivity index is 0.893. The molecule has 26 heteroatoms. The van der Waals surface area contributed by atoms with Gasteiger partial charge in [-0.15, -0.1) is 5.10 Å². The quantitative estimate of drug-likeness (QED) is 0.0342. The van der Waals surface area contributed by atoms with Crippen molar-refractivity contribution >= 4 is 58.0 Å². The molecule has 4 saturated heterocycles. The van der Waals surface area contributed by atoms with Crippen LogP contribution >= 0.6 is 11.8 Å². The zero-order valence-electron chi connectivity index (χ0n) is 30.3. The Bertz CT molecular complexity index is 2490. The van der Waals surface area contributed by atoms with Crippen LogP contribution in [0.3, 0.4) is 0 Å². The van der Waals surface area contributed by atoms with Gasteiger partial charge in [0, 0.05) is 30.0 Å². The summed E-state index contributed by atoms with van der Waals surface area (Å²) in [7, 11) is 0. The number of thioether (sulfide) groups is 1. The van der Waals surface area contributed by atoms with Gasteiger partial charge < -0.3 is 51.6 Å². The zero-order valence-corrected chi connectivity index (χ0v) is 31.1. The summed E-state index contributed by atoms with van der Waals surface area (Å²) < 4.78 is 22.0. The van der Waals surface area contributed by atoms with Gasteiger partial charge in [0.05, 0.1) is 36.5 Å². The van der Waals surface area contributed by atoms with Gasteiger partial charge in [0.15, 0.2) is 34.8 Å². The van der Waals surface area contributed by atoms with E-state index in [-0.39, 0.29) is 77.0 Å². The molecule has 11 N–H and O–H groups in total. The van der Waals surface area contributed by atoms with E-state index in [4.69, 9.17) is 25.7 Å². The molecule has 4 fully saturated rings. The molecule has 9 heterocycles. The number of aromatic nitrogens is 11. The number of nitrogen functional groups attached to an aromatic ring is 2. The number of carbonyl (C=O) groups is 2. The Morgan fingerprint density at radius 1 is 0.897 bits per heavy atom. The third-order valence-corrected chi connectivity index (χ3v) is 12.4. The highest BCUT2D eigenvalue weighted by molar-refractivity contribution is 8.00. The first-order chi connectivity index (χ1) is 27.9. The monoisotopic (exact) mass is 825 g/mol. The molecule has 4 aliphatic heterocycles. The Kier molecular flexibility index (Phi) is 9.75. The van der Waals surface area contributed by atoms with Crippen LogP contribution in [0.5, 0.6) is 0 Å². The number of urea groups is 1.